The third-order valence-corrected chi connectivity index (χ3v) is 4.06. The second-order valence-corrected chi connectivity index (χ2v) is 6.36. The van der Waals surface area contributed by atoms with E-state index in [1.165, 1.54) is 0 Å². The minimum Gasteiger partial charge on any atom is -0.489 e. The third-order valence-electron chi connectivity index (χ3n) is 2.54. The Morgan fingerprint density at radius 1 is 1.37 bits per heavy atom. The fourth-order valence-corrected chi connectivity index (χ4v) is 1.99. The molecule has 1 aromatic carbocycles. The lowest BCUT2D eigenvalue weighted by Crippen LogP contribution is -2.34. The minimum absolute atomic E-state index is 0.181. The number of aliphatic hydroxyl groups is 1. The van der Waals surface area contributed by atoms with Gasteiger partial charge in [-0.3, -0.25) is 0 Å². The fraction of sp³-hybridized carbons (Fsp3) is 0.538. The highest BCUT2D eigenvalue weighted by Crippen LogP contribution is 2.27. The highest BCUT2D eigenvalue weighted by Gasteiger charge is 2.08. The molecule has 2 unspecified atom stereocenters. The van der Waals surface area contributed by atoms with E-state index in [1.807, 2.05) is 0 Å². The highest BCUT2D eigenvalue weighted by molar-refractivity contribution is 7.99. The van der Waals surface area contributed by atoms with Gasteiger partial charge >= 0.3 is 0 Å². The second kappa shape index (κ2) is 8.93. The number of aliphatic hydroxyl groups excluding tert-OH is 1. The topological polar surface area (TPSA) is 41.5 Å². The summed E-state index contributed by atoms with van der Waals surface area (Å²) in [7, 11) is 0. The second-order valence-electron chi connectivity index (χ2n) is 4.24. The molecule has 0 aromatic heterocycles. The first-order valence-corrected chi connectivity index (χ1v) is 8.06. The van der Waals surface area contributed by atoms with E-state index in [9.17, 15) is 5.11 Å². The molecule has 0 spiro atoms. The summed E-state index contributed by atoms with van der Waals surface area (Å²) in [6, 6.07) is 5.00. The van der Waals surface area contributed by atoms with Crippen molar-refractivity contribution in [3.8, 4) is 5.75 Å². The number of hydrogen-bond donors (Lipinski definition) is 2. The quantitative estimate of drug-likeness (QED) is 0.771. The molecule has 0 aliphatic heterocycles. The Morgan fingerprint density at radius 3 is 2.79 bits per heavy atom. The number of hydrogen-bond acceptors (Lipinski definition) is 4. The van der Waals surface area contributed by atoms with Gasteiger partial charge < -0.3 is 15.2 Å². The highest BCUT2D eigenvalue weighted by atomic mass is 35.5. The monoisotopic (exact) mass is 323 g/mol. The van der Waals surface area contributed by atoms with E-state index in [1.54, 1.807) is 30.0 Å². The van der Waals surface area contributed by atoms with Crippen molar-refractivity contribution in [2.45, 2.75) is 18.3 Å². The molecule has 0 amide bonds. The molecule has 1 aromatic rings. The van der Waals surface area contributed by atoms with Crippen molar-refractivity contribution in [2.24, 2.45) is 0 Å². The SMILES string of the molecule is CSC(C)CNCC(O)COc1cc(Cl)ccc1Cl. The van der Waals surface area contributed by atoms with Crippen LogP contribution in [0.15, 0.2) is 18.2 Å². The van der Waals surface area contributed by atoms with Gasteiger partial charge in [0.15, 0.2) is 0 Å². The van der Waals surface area contributed by atoms with E-state index in [2.05, 4.69) is 18.5 Å². The summed E-state index contributed by atoms with van der Waals surface area (Å²) in [5, 5.41) is 14.5. The van der Waals surface area contributed by atoms with E-state index >= 15 is 0 Å². The average Bonchev–Trinajstić information content (AvgIpc) is 2.39. The number of benzene rings is 1. The van der Waals surface area contributed by atoms with Gasteiger partial charge in [-0.2, -0.15) is 11.8 Å². The predicted octanol–water partition coefficient (Wildman–Crippen LogP) is 3.07. The zero-order chi connectivity index (χ0) is 14.3. The standard InChI is InChI=1S/C13H19Cl2NO2S/c1-9(19-2)6-16-7-11(17)8-18-13-5-10(14)3-4-12(13)15/h3-5,9,11,16-17H,6-8H2,1-2H3. The van der Waals surface area contributed by atoms with Crippen LogP contribution in [0.2, 0.25) is 10.0 Å². The Kier molecular flexibility index (Phi) is 7.95. The van der Waals surface area contributed by atoms with Gasteiger partial charge in [-0.05, 0) is 18.4 Å². The van der Waals surface area contributed by atoms with Crippen molar-refractivity contribution in [1.82, 2.24) is 5.32 Å². The van der Waals surface area contributed by atoms with Crippen molar-refractivity contribution in [2.75, 3.05) is 26.0 Å². The summed E-state index contributed by atoms with van der Waals surface area (Å²) in [4.78, 5) is 0. The molecule has 3 nitrogen and oxygen atoms in total. The van der Waals surface area contributed by atoms with Crippen LogP contribution in [-0.2, 0) is 0 Å². The molecule has 0 heterocycles. The van der Waals surface area contributed by atoms with Crippen molar-refractivity contribution >= 4 is 35.0 Å². The molecule has 0 bridgehead atoms. The molecule has 0 fully saturated rings. The molecule has 2 atom stereocenters. The Bertz CT molecular complexity index is 393. The molecular formula is C13H19Cl2NO2S. The van der Waals surface area contributed by atoms with Gasteiger partial charge in [0, 0.05) is 29.4 Å². The molecule has 1 rings (SSSR count). The molecule has 19 heavy (non-hydrogen) atoms. The first-order valence-electron chi connectivity index (χ1n) is 6.02. The lowest BCUT2D eigenvalue weighted by atomic mass is 10.3. The fourth-order valence-electron chi connectivity index (χ4n) is 1.37. The van der Waals surface area contributed by atoms with E-state index in [0.29, 0.717) is 27.6 Å². The van der Waals surface area contributed by atoms with E-state index < -0.39 is 6.10 Å². The first kappa shape index (κ1) is 16.9. The van der Waals surface area contributed by atoms with Crippen molar-refractivity contribution in [3.05, 3.63) is 28.2 Å². The summed E-state index contributed by atoms with van der Waals surface area (Å²) < 4.78 is 5.45. The van der Waals surface area contributed by atoms with Crippen molar-refractivity contribution in [3.63, 3.8) is 0 Å². The number of thioether (sulfide) groups is 1. The number of halogens is 2. The smallest absolute Gasteiger partial charge is 0.139 e. The molecule has 0 saturated heterocycles. The predicted molar refractivity (Wildman–Crippen MR) is 83.8 cm³/mol. The Labute approximate surface area is 128 Å². The van der Waals surface area contributed by atoms with E-state index in [0.717, 1.165) is 6.54 Å². The number of rotatable bonds is 8. The maximum atomic E-state index is 9.79. The van der Waals surface area contributed by atoms with Gasteiger partial charge in [0.1, 0.15) is 18.5 Å². The summed E-state index contributed by atoms with van der Waals surface area (Å²) in [5.74, 6) is 0.491. The minimum atomic E-state index is -0.580. The zero-order valence-corrected chi connectivity index (χ0v) is 13.4. The van der Waals surface area contributed by atoms with Gasteiger partial charge in [0.05, 0.1) is 5.02 Å². The molecule has 108 valence electrons. The molecule has 0 saturated carbocycles. The van der Waals surface area contributed by atoms with Crippen LogP contribution in [0.5, 0.6) is 5.75 Å². The maximum absolute atomic E-state index is 9.79. The van der Waals surface area contributed by atoms with Crippen molar-refractivity contribution in [1.29, 1.82) is 0 Å². The van der Waals surface area contributed by atoms with Gasteiger partial charge in [0.2, 0.25) is 0 Å². The Balaban J connectivity index is 2.29. The van der Waals surface area contributed by atoms with Crippen LogP contribution in [0, 0.1) is 0 Å². The third kappa shape index (κ3) is 6.72. The van der Waals surface area contributed by atoms with Gasteiger partial charge in [-0.1, -0.05) is 30.1 Å². The Hall–Kier alpha value is -0.130. The molecule has 6 heteroatoms. The van der Waals surface area contributed by atoms with Crippen molar-refractivity contribution < 1.29 is 9.84 Å². The summed E-state index contributed by atoms with van der Waals surface area (Å²) in [6.07, 6.45) is 1.48. The molecular weight excluding hydrogens is 305 g/mol. The van der Waals surface area contributed by atoms with Crippen LogP contribution in [0.3, 0.4) is 0 Å². The normalized spacial score (nSPS) is 14.2. The first-order chi connectivity index (χ1) is 9.02. The van der Waals surface area contributed by atoms with E-state index in [4.69, 9.17) is 27.9 Å². The lowest BCUT2D eigenvalue weighted by Gasteiger charge is -2.15. The summed E-state index contributed by atoms with van der Waals surface area (Å²) >= 11 is 13.6. The van der Waals surface area contributed by atoms with Gasteiger partial charge in [-0.25, -0.2) is 0 Å². The zero-order valence-electron chi connectivity index (χ0n) is 11.0. The van der Waals surface area contributed by atoms with E-state index in [-0.39, 0.29) is 6.61 Å². The van der Waals surface area contributed by atoms with Crippen LogP contribution in [0.25, 0.3) is 0 Å². The van der Waals surface area contributed by atoms with Gasteiger partial charge in [0.25, 0.3) is 0 Å². The Morgan fingerprint density at radius 2 is 2.11 bits per heavy atom. The summed E-state index contributed by atoms with van der Waals surface area (Å²) in [6.45, 7) is 3.66. The average molecular weight is 324 g/mol. The maximum Gasteiger partial charge on any atom is 0.139 e. The van der Waals surface area contributed by atoms with Crippen LogP contribution in [-0.4, -0.2) is 42.4 Å². The molecule has 0 aliphatic carbocycles. The molecule has 0 radical (unpaired) electrons. The van der Waals surface area contributed by atoms with Crippen LogP contribution < -0.4 is 10.1 Å². The molecule has 2 N–H and O–H groups in total. The van der Waals surface area contributed by atoms with Crippen LogP contribution >= 0.6 is 35.0 Å². The lowest BCUT2D eigenvalue weighted by molar-refractivity contribution is 0.107. The van der Waals surface area contributed by atoms with Gasteiger partial charge in [-0.15, -0.1) is 0 Å². The van der Waals surface area contributed by atoms with Crippen LogP contribution in [0.4, 0.5) is 0 Å². The number of ether oxygens (including phenoxy) is 1. The largest absolute Gasteiger partial charge is 0.489 e. The molecule has 0 aliphatic rings. The summed E-state index contributed by atoms with van der Waals surface area (Å²) in [5.41, 5.74) is 0. The van der Waals surface area contributed by atoms with Crippen LogP contribution in [0.1, 0.15) is 6.92 Å². The number of nitrogens with one attached hydrogen (secondary N) is 1.